The Hall–Kier alpha value is -1.84. The highest BCUT2D eigenvalue weighted by Gasteiger charge is 2.18. The maximum absolute atomic E-state index is 11.6. The second-order valence-corrected chi connectivity index (χ2v) is 5.16. The average Bonchev–Trinajstić information content (AvgIpc) is 2.26. The summed E-state index contributed by atoms with van der Waals surface area (Å²) in [7, 11) is 0. The van der Waals surface area contributed by atoms with E-state index in [-0.39, 0.29) is 6.04 Å². The molecular weight excluding hydrogens is 230 g/mol. The van der Waals surface area contributed by atoms with Gasteiger partial charge in [0.15, 0.2) is 0 Å². The lowest BCUT2D eigenvalue weighted by atomic mass is 10.1. The second kappa shape index (κ2) is 5.67. The number of carbonyl (C=O) groups excluding carboxylic acids is 2. The molecule has 0 saturated carbocycles. The second-order valence-electron chi connectivity index (χ2n) is 5.16. The lowest BCUT2D eigenvalue weighted by Gasteiger charge is -2.22. The highest BCUT2D eigenvalue weighted by atomic mass is 16.6. The lowest BCUT2D eigenvalue weighted by Crippen LogP contribution is -2.34. The van der Waals surface area contributed by atoms with Crippen molar-refractivity contribution < 1.29 is 14.3 Å². The van der Waals surface area contributed by atoms with Crippen LogP contribution in [-0.2, 0) is 4.74 Å². The molecule has 0 aliphatic heterocycles. The maximum Gasteiger partial charge on any atom is 0.408 e. The first-order chi connectivity index (χ1) is 8.31. The van der Waals surface area contributed by atoms with Crippen LogP contribution >= 0.6 is 0 Å². The Labute approximate surface area is 107 Å². The van der Waals surface area contributed by atoms with Crippen LogP contribution in [-0.4, -0.2) is 18.0 Å². The zero-order valence-electron chi connectivity index (χ0n) is 11.2. The van der Waals surface area contributed by atoms with Crippen LogP contribution in [0.15, 0.2) is 24.3 Å². The summed E-state index contributed by atoms with van der Waals surface area (Å²) in [5, 5.41) is 2.73. The molecule has 98 valence electrons. The number of rotatable bonds is 3. The zero-order chi connectivity index (χ0) is 13.8. The van der Waals surface area contributed by atoms with E-state index in [0.29, 0.717) is 5.56 Å². The third-order valence-corrected chi connectivity index (χ3v) is 2.28. The summed E-state index contributed by atoms with van der Waals surface area (Å²) in [4.78, 5) is 22.3. The van der Waals surface area contributed by atoms with Gasteiger partial charge in [0.25, 0.3) is 0 Å². The highest BCUT2D eigenvalue weighted by Crippen LogP contribution is 2.15. The predicted molar refractivity (Wildman–Crippen MR) is 69.6 cm³/mol. The molecule has 1 atom stereocenters. The SMILES string of the molecule is CC(NC(=O)OC(C)(C)C)c1cccc(C=O)c1. The summed E-state index contributed by atoms with van der Waals surface area (Å²) in [6.45, 7) is 7.27. The highest BCUT2D eigenvalue weighted by molar-refractivity contribution is 5.75. The van der Waals surface area contributed by atoms with E-state index in [1.54, 1.807) is 18.2 Å². The molecule has 0 aliphatic rings. The summed E-state index contributed by atoms with van der Waals surface area (Å²) in [5.41, 5.74) is 0.935. The number of ether oxygens (including phenoxy) is 1. The molecule has 1 N–H and O–H groups in total. The Bertz CT molecular complexity index is 435. The maximum atomic E-state index is 11.6. The molecule has 1 amide bonds. The summed E-state index contributed by atoms with van der Waals surface area (Å²) >= 11 is 0. The van der Waals surface area contributed by atoms with Crippen LogP contribution < -0.4 is 5.32 Å². The summed E-state index contributed by atoms with van der Waals surface area (Å²) in [6.07, 6.45) is 0.315. The van der Waals surface area contributed by atoms with Gasteiger partial charge in [0.1, 0.15) is 11.9 Å². The fourth-order valence-corrected chi connectivity index (χ4v) is 1.47. The molecule has 18 heavy (non-hydrogen) atoms. The smallest absolute Gasteiger partial charge is 0.408 e. The fourth-order valence-electron chi connectivity index (χ4n) is 1.47. The first-order valence-electron chi connectivity index (χ1n) is 5.86. The Morgan fingerprint density at radius 2 is 2.06 bits per heavy atom. The molecule has 1 aromatic carbocycles. The normalized spacial score (nSPS) is 12.7. The molecule has 0 heterocycles. The van der Waals surface area contributed by atoms with Gasteiger partial charge in [-0.15, -0.1) is 0 Å². The molecule has 0 aliphatic carbocycles. The minimum atomic E-state index is -0.519. The molecule has 0 spiro atoms. The van der Waals surface area contributed by atoms with Crippen molar-refractivity contribution >= 4 is 12.4 Å². The number of hydrogen-bond donors (Lipinski definition) is 1. The first kappa shape index (κ1) is 14.2. The van der Waals surface area contributed by atoms with Gasteiger partial charge in [-0.1, -0.05) is 18.2 Å². The van der Waals surface area contributed by atoms with Crippen molar-refractivity contribution in [2.24, 2.45) is 0 Å². The van der Waals surface area contributed by atoms with Gasteiger partial charge in [-0.2, -0.15) is 0 Å². The van der Waals surface area contributed by atoms with E-state index in [2.05, 4.69) is 5.32 Å². The van der Waals surface area contributed by atoms with Gasteiger partial charge in [-0.3, -0.25) is 4.79 Å². The molecule has 4 heteroatoms. The monoisotopic (exact) mass is 249 g/mol. The lowest BCUT2D eigenvalue weighted by molar-refractivity contribution is 0.0508. The van der Waals surface area contributed by atoms with E-state index in [9.17, 15) is 9.59 Å². The van der Waals surface area contributed by atoms with Crippen molar-refractivity contribution in [2.75, 3.05) is 0 Å². The van der Waals surface area contributed by atoms with Crippen molar-refractivity contribution in [2.45, 2.75) is 39.3 Å². The number of aldehydes is 1. The predicted octanol–water partition coefficient (Wildman–Crippen LogP) is 3.08. The van der Waals surface area contributed by atoms with E-state index in [0.717, 1.165) is 11.8 Å². The minimum Gasteiger partial charge on any atom is -0.444 e. The van der Waals surface area contributed by atoms with Gasteiger partial charge < -0.3 is 10.1 Å². The molecular formula is C14H19NO3. The first-order valence-corrected chi connectivity index (χ1v) is 5.86. The molecule has 1 aromatic rings. The van der Waals surface area contributed by atoms with E-state index in [1.165, 1.54) is 0 Å². The topological polar surface area (TPSA) is 55.4 Å². The molecule has 0 fully saturated rings. The van der Waals surface area contributed by atoms with Gasteiger partial charge in [0.2, 0.25) is 0 Å². The van der Waals surface area contributed by atoms with E-state index in [1.807, 2.05) is 33.8 Å². The number of amides is 1. The summed E-state index contributed by atoms with van der Waals surface area (Å²) in [5.74, 6) is 0. The fraction of sp³-hybridized carbons (Fsp3) is 0.429. The molecule has 4 nitrogen and oxygen atoms in total. The van der Waals surface area contributed by atoms with Gasteiger partial charge in [0.05, 0.1) is 6.04 Å². The van der Waals surface area contributed by atoms with Crippen molar-refractivity contribution in [1.29, 1.82) is 0 Å². The zero-order valence-corrected chi connectivity index (χ0v) is 11.2. The number of alkyl carbamates (subject to hydrolysis) is 1. The van der Waals surface area contributed by atoms with Crippen molar-refractivity contribution in [1.82, 2.24) is 5.32 Å². The largest absolute Gasteiger partial charge is 0.444 e. The third kappa shape index (κ3) is 4.57. The quantitative estimate of drug-likeness (QED) is 0.837. The number of nitrogens with one attached hydrogen (secondary N) is 1. The Morgan fingerprint density at radius 1 is 1.39 bits per heavy atom. The van der Waals surface area contributed by atoms with Crippen LogP contribution in [0.4, 0.5) is 4.79 Å². The van der Waals surface area contributed by atoms with Gasteiger partial charge >= 0.3 is 6.09 Å². The van der Waals surface area contributed by atoms with Crippen LogP contribution in [0.5, 0.6) is 0 Å². The number of hydrogen-bond acceptors (Lipinski definition) is 3. The minimum absolute atomic E-state index is 0.209. The third-order valence-electron chi connectivity index (χ3n) is 2.28. The van der Waals surface area contributed by atoms with E-state index in [4.69, 9.17) is 4.74 Å². The van der Waals surface area contributed by atoms with Crippen LogP contribution in [0.3, 0.4) is 0 Å². The van der Waals surface area contributed by atoms with Crippen LogP contribution in [0, 0.1) is 0 Å². The van der Waals surface area contributed by atoms with Crippen molar-refractivity contribution in [3.8, 4) is 0 Å². The average molecular weight is 249 g/mol. The Kier molecular flexibility index (Phi) is 4.48. The van der Waals surface area contributed by atoms with Crippen LogP contribution in [0.2, 0.25) is 0 Å². The van der Waals surface area contributed by atoms with Crippen LogP contribution in [0.25, 0.3) is 0 Å². The van der Waals surface area contributed by atoms with Crippen molar-refractivity contribution in [3.05, 3.63) is 35.4 Å². The molecule has 0 saturated heterocycles. The van der Waals surface area contributed by atoms with Crippen molar-refractivity contribution in [3.63, 3.8) is 0 Å². The van der Waals surface area contributed by atoms with E-state index < -0.39 is 11.7 Å². The van der Waals surface area contributed by atoms with E-state index >= 15 is 0 Å². The van der Waals surface area contributed by atoms with Gasteiger partial charge in [0, 0.05) is 5.56 Å². The Morgan fingerprint density at radius 3 is 2.61 bits per heavy atom. The molecule has 0 radical (unpaired) electrons. The summed E-state index contributed by atoms with van der Waals surface area (Å²) < 4.78 is 5.17. The molecule has 0 aromatic heterocycles. The molecule has 1 rings (SSSR count). The van der Waals surface area contributed by atoms with Crippen LogP contribution in [0.1, 0.15) is 49.7 Å². The molecule has 1 unspecified atom stereocenters. The number of benzene rings is 1. The standard InChI is InChI=1S/C14H19NO3/c1-10(15-13(17)18-14(2,3)4)12-7-5-6-11(8-12)9-16/h5-10H,1-4H3,(H,15,17). The number of carbonyl (C=O) groups is 2. The molecule has 0 bridgehead atoms. The summed E-state index contributed by atoms with van der Waals surface area (Å²) in [6, 6.07) is 6.90. The van der Waals surface area contributed by atoms with Gasteiger partial charge in [-0.25, -0.2) is 4.79 Å². The van der Waals surface area contributed by atoms with Gasteiger partial charge in [-0.05, 0) is 39.3 Å². The Balaban J connectivity index is 2.67.